The fraction of sp³-hybridized carbons (Fsp3) is 0.389. The number of rotatable bonds is 8. The number of phenolic OH excluding ortho intramolecular Hbond substituents is 1. The molecule has 0 bridgehead atoms. The summed E-state index contributed by atoms with van der Waals surface area (Å²) < 4.78 is 16.9. The third kappa shape index (κ3) is 5.21. The molecule has 5 heterocycles. The molecule has 0 unspecified atom stereocenters. The number of amides is 2. The lowest BCUT2D eigenvalue weighted by Crippen LogP contribution is -2.64. The van der Waals surface area contributed by atoms with Gasteiger partial charge in [0.25, 0.3) is 11.5 Å². The van der Waals surface area contributed by atoms with Gasteiger partial charge >= 0.3 is 0 Å². The van der Waals surface area contributed by atoms with Crippen molar-refractivity contribution >= 4 is 45.8 Å². The number of hydrogen-bond donors (Lipinski definition) is 1. The number of aromatic nitrogens is 4. The molecule has 2 aliphatic carbocycles. The number of anilines is 2. The summed E-state index contributed by atoms with van der Waals surface area (Å²) in [4.78, 5) is 63.8. The van der Waals surface area contributed by atoms with Crippen LogP contribution in [0.5, 0.6) is 5.75 Å². The molecule has 2 saturated carbocycles. The number of hydrogen-bond acceptors (Lipinski definition) is 9. The number of piperazine rings is 1. The number of carbonyl (C=O) groups excluding carboxylic acids is 2. The lowest BCUT2D eigenvalue weighted by Gasteiger charge is -2.48. The van der Waals surface area contributed by atoms with Gasteiger partial charge in [0.1, 0.15) is 29.6 Å². The molecule has 0 spiro atoms. The molecular weight excluding hydrogens is 663 g/mol. The highest BCUT2D eigenvalue weighted by Gasteiger charge is 2.46. The summed E-state index contributed by atoms with van der Waals surface area (Å²) in [5, 5.41) is 11.3. The van der Waals surface area contributed by atoms with Crippen molar-refractivity contribution in [2.45, 2.75) is 43.6 Å². The van der Waals surface area contributed by atoms with Gasteiger partial charge in [-0.25, -0.2) is 19.3 Å². The molecule has 3 fully saturated rings. The van der Waals surface area contributed by atoms with Crippen LogP contribution in [-0.4, -0.2) is 99.1 Å². The van der Waals surface area contributed by atoms with E-state index in [1.54, 1.807) is 17.3 Å². The summed E-state index contributed by atoms with van der Waals surface area (Å²) in [7, 11) is 3.78. The van der Waals surface area contributed by atoms with Crippen LogP contribution in [0.3, 0.4) is 0 Å². The van der Waals surface area contributed by atoms with Crippen molar-refractivity contribution in [3.8, 4) is 22.7 Å². The highest BCUT2D eigenvalue weighted by Crippen LogP contribution is 2.49. The minimum atomic E-state index is -0.793. The van der Waals surface area contributed by atoms with Gasteiger partial charge in [0.05, 0.1) is 45.6 Å². The first-order valence-electron chi connectivity index (χ1n) is 16.8. The van der Waals surface area contributed by atoms with Crippen molar-refractivity contribution in [2.24, 2.45) is 0 Å². The van der Waals surface area contributed by atoms with Crippen LogP contribution in [-0.2, 0) is 9.59 Å². The normalized spacial score (nSPS) is 18.9. The predicted octanol–water partition coefficient (Wildman–Crippen LogP) is 4.21. The molecule has 0 radical (unpaired) electrons. The summed E-state index contributed by atoms with van der Waals surface area (Å²) in [6.07, 6.45) is 6.40. The maximum absolute atomic E-state index is 15.4. The second-order valence-corrected chi connectivity index (χ2v) is 14.1. The Hall–Kier alpha value is -4.88. The quantitative estimate of drug-likeness (QED) is 0.269. The molecule has 1 saturated heterocycles. The van der Waals surface area contributed by atoms with Crippen LogP contribution in [0, 0.1) is 5.82 Å². The first kappa shape index (κ1) is 32.3. The monoisotopic (exact) mass is 698 g/mol. The summed E-state index contributed by atoms with van der Waals surface area (Å²) in [6.45, 7) is 4.94. The molecule has 2 amide bonds. The van der Waals surface area contributed by atoms with E-state index in [2.05, 4.69) is 6.58 Å². The molecule has 4 aliphatic rings. The van der Waals surface area contributed by atoms with Crippen LogP contribution in [0.15, 0.2) is 48.0 Å². The van der Waals surface area contributed by atoms with Crippen molar-refractivity contribution in [1.82, 2.24) is 29.3 Å². The number of likely N-dealkylation sites (N-methyl/N-ethyl adjacent to an activating group) is 1. The van der Waals surface area contributed by atoms with Crippen molar-refractivity contribution in [1.29, 1.82) is 0 Å². The van der Waals surface area contributed by atoms with Gasteiger partial charge in [-0.2, -0.15) is 0 Å². The Morgan fingerprint density at radius 2 is 1.78 bits per heavy atom. The van der Waals surface area contributed by atoms with Crippen LogP contribution in [0.1, 0.15) is 48.9 Å². The Labute approximate surface area is 292 Å². The molecule has 2 aliphatic heterocycles. The van der Waals surface area contributed by atoms with Crippen LogP contribution < -0.4 is 15.4 Å². The SMILES string of the molecule is C=CC(=O)N1CCN2c3c(c(=O)n(-c4c(C5CC5)ncnc4C4CC4)c4nc(-c5c(O)cccc5F)c(Cl)cc34)N(CCN(C)C)C(=O)[C@H]2C1. The number of nitrogens with zero attached hydrogens (tertiary/aromatic N) is 8. The summed E-state index contributed by atoms with van der Waals surface area (Å²) in [5.74, 6) is -1.42. The van der Waals surface area contributed by atoms with E-state index in [1.807, 2.05) is 23.9 Å². The van der Waals surface area contributed by atoms with E-state index in [1.165, 1.54) is 33.7 Å². The topological polar surface area (TPSA) is 128 Å². The second kappa shape index (κ2) is 12.2. The molecule has 50 heavy (non-hydrogen) atoms. The number of carbonyl (C=O) groups is 2. The summed E-state index contributed by atoms with van der Waals surface area (Å²) >= 11 is 6.95. The third-order valence-corrected chi connectivity index (χ3v) is 10.3. The molecular formula is C36H36ClFN8O4. The maximum atomic E-state index is 15.4. The van der Waals surface area contributed by atoms with E-state index >= 15 is 9.18 Å². The van der Waals surface area contributed by atoms with Crippen LogP contribution in [0.4, 0.5) is 15.8 Å². The van der Waals surface area contributed by atoms with E-state index < -0.39 is 17.4 Å². The molecule has 8 rings (SSSR count). The van der Waals surface area contributed by atoms with Gasteiger partial charge in [-0.15, -0.1) is 0 Å². The zero-order valence-electron chi connectivity index (χ0n) is 27.8. The Balaban J connectivity index is 1.48. The van der Waals surface area contributed by atoms with Crippen molar-refractivity contribution < 1.29 is 19.1 Å². The average Bonchev–Trinajstić information content (AvgIpc) is 4.02. The van der Waals surface area contributed by atoms with Crippen molar-refractivity contribution in [3.05, 3.63) is 75.8 Å². The molecule has 258 valence electrons. The minimum absolute atomic E-state index is 0.0324. The van der Waals surface area contributed by atoms with Crippen LogP contribution in [0.2, 0.25) is 5.02 Å². The van der Waals surface area contributed by atoms with Gasteiger partial charge in [-0.1, -0.05) is 24.2 Å². The molecule has 1 N–H and O–H groups in total. The Kier molecular flexibility index (Phi) is 7.87. The number of pyridine rings is 2. The number of phenols is 1. The third-order valence-electron chi connectivity index (χ3n) is 10.1. The van der Waals surface area contributed by atoms with Gasteiger partial charge in [-0.3, -0.25) is 19.0 Å². The van der Waals surface area contributed by atoms with Gasteiger partial charge in [0.2, 0.25) is 5.91 Å². The molecule has 4 aromatic rings. The van der Waals surface area contributed by atoms with Crippen LogP contribution >= 0.6 is 11.6 Å². The van der Waals surface area contributed by atoms with Gasteiger partial charge in [0.15, 0.2) is 5.65 Å². The standard InChI is InChI=1S/C36H36ClFN8O4/c1-4-26(48)43-13-15-44-24(17-43)35(49)45(14-12-42(2)3)33-31(44)21-16-22(37)30(27-23(38)6-5-7-25(27)47)41-34(21)46(36(33)50)32-28(19-8-9-19)39-18-40-29(32)20-10-11-20/h4-7,16,18-20,24,47H,1,8-15,17H2,2-3H3/t24-/m1/s1. The second-order valence-electron chi connectivity index (χ2n) is 13.7. The number of benzene rings is 1. The molecule has 12 nitrogen and oxygen atoms in total. The van der Waals surface area contributed by atoms with E-state index in [-0.39, 0.29) is 76.6 Å². The predicted molar refractivity (Wildman–Crippen MR) is 188 cm³/mol. The van der Waals surface area contributed by atoms with Crippen molar-refractivity contribution in [3.63, 3.8) is 0 Å². The number of aromatic hydroxyl groups is 1. The Morgan fingerprint density at radius 1 is 1.08 bits per heavy atom. The van der Waals surface area contributed by atoms with E-state index in [0.717, 1.165) is 37.1 Å². The molecule has 14 heteroatoms. The van der Waals surface area contributed by atoms with Gasteiger partial charge in [0, 0.05) is 43.4 Å². The zero-order chi connectivity index (χ0) is 35.0. The first-order chi connectivity index (χ1) is 24.1. The Morgan fingerprint density at radius 3 is 2.40 bits per heavy atom. The lowest BCUT2D eigenvalue weighted by atomic mass is 9.99. The molecule has 1 atom stereocenters. The fourth-order valence-electron chi connectivity index (χ4n) is 7.27. The van der Waals surface area contributed by atoms with E-state index in [4.69, 9.17) is 26.6 Å². The Bertz CT molecular complexity index is 2110. The minimum Gasteiger partial charge on any atom is -0.507 e. The maximum Gasteiger partial charge on any atom is 0.283 e. The largest absolute Gasteiger partial charge is 0.507 e. The van der Waals surface area contributed by atoms with Crippen LogP contribution in [0.25, 0.3) is 28.0 Å². The van der Waals surface area contributed by atoms with Gasteiger partial charge in [-0.05, 0) is 64.1 Å². The number of halogens is 2. The highest BCUT2D eigenvalue weighted by molar-refractivity contribution is 6.34. The highest BCUT2D eigenvalue weighted by atomic mass is 35.5. The van der Waals surface area contributed by atoms with Gasteiger partial charge < -0.3 is 24.7 Å². The smallest absolute Gasteiger partial charge is 0.283 e. The summed E-state index contributed by atoms with van der Waals surface area (Å²) in [5.41, 5.74) is 2.11. The first-order valence-corrected chi connectivity index (χ1v) is 17.2. The van der Waals surface area contributed by atoms with E-state index in [0.29, 0.717) is 29.9 Å². The average molecular weight is 699 g/mol. The summed E-state index contributed by atoms with van der Waals surface area (Å²) in [6, 6.07) is 4.79. The zero-order valence-corrected chi connectivity index (χ0v) is 28.5. The fourth-order valence-corrected chi connectivity index (χ4v) is 7.51. The molecule has 1 aromatic carbocycles. The number of fused-ring (bicyclic) bond motifs is 5. The van der Waals surface area contributed by atoms with Crippen molar-refractivity contribution in [2.75, 3.05) is 56.6 Å². The van der Waals surface area contributed by atoms with E-state index in [9.17, 15) is 14.7 Å². The molecule has 3 aromatic heterocycles. The lowest BCUT2D eigenvalue weighted by molar-refractivity contribution is -0.128.